The summed E-state index contributed by atoms with van der Waals surface area (Å²) in [6.07, 6.45) is 0.961. The van der Waals surface area contributed by atoms with Crippen LogP contribution in [0.15, 0.2) is 89.3 Å². The molecule has 1 heterocycles. The van der Waals surface area contributed by atoms with Crippen molar-refractivity contribution in [1.82, 2.24) is 10.2 Å². The standard InChI is InChI=1S/C24H21N3O2S/c28-22(17-30-16-15-18-7-3-1-4-8-18)25-21-13-11-20(12-14-21)24-27-26-23(29-24)19-9-5-2-6-10-19/h1-14H,15-17H2,(H,25,28). The maximum atomic E-state index is 12.2. The van der Waals surface area contributed by atoms with Gasteiger partial charge in [-0.15, -0.1) is 10.2 Å². The van der Waals surface area contributed by atoms with Crippen LogP contribution in [0.5, 0.6) is 0 Å². The molecule has 0 unspecified atom stereocenters. The summed E-state index contributed by atoms with van der Waals surface area (Å²) in [6, 6.07) is 27.3. The van der Waals surface area contributed by atoms with Gasteiger partial charge in [0, 0.05) is 16.8 Å². The maximum absolute atomic E-state index is 12.2. The molecule has 0 atom stereocenters. The zero-order valence-corrected chi connectivity index (χ0v) is 17.1. The first kappa shape index (κ1) is 19.9. The molecule has 4 rings (SSSR count). The van der Waals surface area contributed by atoms with E-state index in [4.69, 9.17) is 4.42 Å². The van der Waals surface area contributed by atoms with Crippen molar-refractivity contribution in [1.29, 1.82) is 0 Å². The minimum atomic E-state index is -0.00929. The Morgan fingerprint density at radius 2 is 1.40 bits per heavy atom. The summed E-state index contributed by atoms with van der Waals surface area (Å²) in [5, 5.41) is 11.2. The number of aryl methyl sites for hydroxylation is 1. The monoisotopic (exact) mass is 415 g/mol. The van der Waals surface area contributed by atoms with Gasteiger partial charge >= 0.3 is 0 Å². The molecule has 0 bridgehead atoms. The molecule has 5 nitrogen and oxygen atoms in total. The second kappa shape index (κ2) is 9.89. The quantitative estimate of drug-likeness (QED) is 0.395. The van der Waals surface area contributed by atoms with Gasteiger partial charge in [0.2, 0.25) is 17.7 Å². The van der Waals surface area contributed by atoms with Crippen molar-refractivity contribution in [3.8, 4) is 22.9 Å². The number of hydrogen-bond acceptors (Lipinski definition) is 5. The fraction of sp³-hybridized carbons (Fsp3) is 0.125. The smallest absolute Gasteiger partial charge is 0.248 e. The van der Waals surface area contributed by atoms with Crippen LogP contribution in [-0.2, 0) is 11.2 Å². The van der Waals surface area contributed by atoms with E-state index in [1.807, 2.05) is 72.8 Å². The predicted octanol–water partition coefficient (Wildman–Crippen LogP) is 5.32. The van der Waals surface area contributed by atoms with Crippen molar-refractivity contribution >= 4 is 23.4 Å². The van der Waals surface area contributed by atoms with Crippen LogP contribution in [0.3, 0.4) is 0 Å². The van der Waals surface area contributed by atoms with Crippen molar-refractivity contribution < 1.29 is 9.21 Å². The highest BCUT2D eigenvalue weighted by atomic mass is 32.2. The van der Waals surface area contributed by atoms with Crippen molar-refractivity contribution in [3.63, 3.8) is 0 Å². The van der Waals surface area contributed by atoms with E-state index in [2.05, 4.69) is 27.6 Å². The van der Waals surface area contributed by atoms with Gasteiger partial charge in [-0.25, -0.2) is 0 Å². The van der Waals surface area contributed by atoms with Crippen LogP contribution >= 0.6 is 11.8 Å². The van der Waals surface area contributed by atoms with Crippen molar-refractivity contribution in [2.45, 2.75) is 6.42 Å². The summed E-state index contributed by atoms with van der Waals surface area (Å²) in [6.45, 7) is 0. The summed E-state index contributed by atoms with van der Waals surface area (Å²) < 4.78 is 5.77. The van der Waals surface area contributed by atoms with Crippen LogP contribution in [-0.4, -0.2) is 27.6 Å². The molecule has 0 aliphatic heterocycles. The van der Waals surface area contributed by atoms with E-state index in [-0.39, 0.29) is 5.91 Å². The number of carbonyl (C=O) groups is 1. The molecular formula is C24H21N3O2S. The normalized spacial score (nSPS) is 10.7. The topological polar surface area (TPSA) is 68.0 Å². The number of hydrogen-bond donors (Lipinski definition) is 1. The van der Waals surface area contributed by atoms with E-state index in [0.29, 0.717) is 17.5 Å². The molecule has 0 saturated heterocycles. The van der Waals surface area contributed by atoms with Gasteiger partial charge in [0.1, 0.15) is 0 Å². The van der Waals surface area contributed by atoms with Crippen LogP contribution in [0.25, 0.3) is 22.9 Å². The number of anilines is 1. The lowest BCUT2D eigenvalue weighted by Crippen LogP contribution is -2.14. The molecule has 3 aromatic carbocycles. The van der Waals surface area contributed by atoms with Crippen LogP contribution in [0.1, 0.15) is 5.56 Å². The lowest BCUT2D eigenvalue weighted by atomic mass is 10.2. The maximum Gasteiger partial charge on any atom is 0.248 e. The first-order valence-corrected chi connectivity index (χ1v) is 10.8. The first-order chi connectivity index (χ1) is 14.8. The molecule has 6 heteroatoms. The van der Waals surface area contributed by atoms with E-state index >= 15 is 0 Å². The Balaban J connectivity index is 1.27. The number of nitrogens with one attached hydrogen (secondary N) is 1. The van der Waals surface area contributed by atoms with Crippen molar-refractivity contribution in [2.75, 3.05) is 16.8 Å². The summed E-state index contributed by atoms with van der Waals surface area (Å²) in [4.78, 5) is 12.2. The van der Waals surface area contributed by atoms with Crippen LogP contribution < -0.4 is 5.32 Å². The largest absolute Gasteiger partial charge is 0.416 e. The number of thioether (sulfide) groups is 1. The zero-order chi connectivity index (χ0) is 20.6. The lowest BCUT2D eigenvalue weighted by Gasteiger charge is -2.06. The molecule has 1 N–H and O–H groups in total. The molecule has 1 amide bonds. The first-order valence-electron chi connectivity index (χ1n) is 9.69. The van der Waals surface area contributed by atoms with E-state index in [1.165, 1.54) is 5.56 Å². The van der Waals surface area contributed by atoms with Gasteiger partial charge in [-0.05, 0) is 54.1 Å². The van der Waals surface area contributed by atoms with Crippen LogP contribution in [0, 0.1) is 0 Å². The summed E-state index contributed by atoms with van der Waals surface area (Å²) in [5.74, 6) is 2.26. The molecule has 0 radical (unpaired) electrons. The van der Waals surface area contributed by atoms with E-state index < -0.39 is 0 Å². The Labute approximate surface area is 179 Å². The van der Waals surface area contributed by atoms with Crippen molar-refractivity contribution in [3.05, 3.63) is 90.5 Å². The van der Waals surface area contributed by atoms with Gasteiger partial charge in [0.05, 0.1) is 5.75 Å². The summed E-state index contributed by atoms with van der Waals surface area (Å²) >= 11 is 1.63. The Hall–Kier alpha value is -3.38. The third-order valence-corrected chi connectivity index (χ3v) is 5.43. The zero-order valence-electron chi connectivity index (χ0n) is 16.3. The number of rotatable bonds is 8. The Morgan fingerprint density at radius 3 is 2.07 bits per heavy atom. The molecule has 4 aromatic rings. The highest BCUT2D eigenvalue weighted by Crippen LogP contribution is 2.24. The second-order valence-corrected chi connectivity index (χ2v) is 7.80. The van der Waals surface area contributed by atoms with Gasteiger partial charge in [-0.1, -0.05) is 48.5 Å². The highest BCUT2D eigenvalue weighted by Gasteiger charge is 2.10. The molecule has 30 heavy (non-hydrogen) atoms. The number of carbonyl (C=O) groups excluding carboxylic acids is 1. The van der Waals surface area contributed by atoms with Gasteiger partial charge < -0.3 is 9.73 Å². The van der Waals surface area contributed by atoms with Crippen LogP contribution in [0.4, 0.5) is 5.69 Å². The fourth-order valence-corrected chi connectivity index (χ4v) is 3.71. The predicted molar refractivity (Wildman–Crippen MR) is 121 cm³/mol. The van der Waals surface area contributed by atoms with E-state index in [1.54, 1.807) is 11.8 Å². The van der Waals surface area contributed by atoms with Gasteiger partial charge in [0.25, 0.3) is 0 Å². The van der Waals surface area contributed by atoms with Gasteiger partial charge in [-0.3, -0.25) is 4.79 Å². The van der Waals surface area contributed by atoms with E-state index in [0.717, 1.165) is 29.0 Å². The molecule has 0 aliphatic rings. The average Bonchev–Trinajstić information content (AvgIpc) is 3.29. The van der Waals surface area contributed by atoms with E-state index in [9.17, 15) is 4.79 Å². The molecule has 0 spiro atoms. The minimum Gasteiger partial charge on any atom is -0.416 e. The summed E-state index contributed by atoms with van der Waals surface area (Å²) in [7, 11) is 0. The van der Waals surface area contributed by atoms with Crippen LogP contribution in [0.2, 0.25) is 0 Å². The molecule has 0 aliphatic carbocycles. The number of amides is 1. The lowest BCUT2D eigenvalue weighted by molar-refractivity contribution is -0.113. The average molecular weight is 416 g/mol. The SMILES string of the molecule is O=C(CSCCc1ccccc1)Nc1ccc(-c2nnc(-c3ccccc3)o2)cc1. The Kier molecular flexibility index (Phi) is 6.57. The molecule has 0 fully saturated rings. The molecular weight excluding hydrogens is 394 g/mol. The molecule has 150 valence electrons. The Morgan fingerprint density at radius 1 is 0.800 bits per heavy atom. The minimum absolute atomic E-state index is 0.00929. The fourth-order valence-electron chi connectivity index (χ4n) is 2.93. The third-order valence-electron chi connectivity index (χ3n) is 4.47. The van der Waals surface area contributed by atoms with Crippen molar-refractivity contribution in [2.24, 2.45) is 0 Å². The molecule has 0 saturated carbocycles. The Bertz CT molecular complexity index is 1080. The number of aromatic nitrogens is 2. The highest BCUT2D eigenvalue weighted by molar-refractivity contribution is 7.99. The number of benzene rings is 3. The second-order valence-electron chi connectivity index (χ2n) is 6.69. The third kappa shape index (κ3) is 5.36. The van der Waals surface area contributed by atoms with Gasteiger partial charge in [0.15, 0.2) is 0 Å². The number of nitrogens with zero attached hydrogens (tertiary/aromatic N) is 2. The van der Waals surface area contributed by atoms with Gasteiger partial charge in [-0.2, -0.15) is 11.8 Å². The molecule has 1 aromatic heterocycles. The summed E-state index contributed by atoms with van der Waals surface area (Å²) in [5.41, 5.74) is 3.72.